The van der Waals surface area contributed by atoms with Crippen molar-refractivity contribution in [2.45, 2.75) is 17.4 Å². The van der Waals surface area contributed by atoms with Gasteiger partial charge in [-0.05, 0) is 29.3 Å². The molecule has 2 aromatic rings. The van der Waals surface area contributed by atoms with E-state index in [2.05, 4.69) is 0 Å². The topological polar surface area (TPSA) is 67.5 Å². The standard InChI is InChI=1S/C13H14O4S/c1-18(15,16)12-4-2-11(3-5-12)13(14)8-10-6-7-17-9-10/h2-7,9,13-14H,8H2,1H3. The first-order chi connectivity index (χ1) is 8.47. The molecule has 0 saturated carbocycles. The number of benzene rings is 1. The molecule has 1 atom stereocenters. The van der Waals surface area contributed by atoms with Gasteiger partial charge in [-0.25, -0.2) is 8.42 Å². The average molecular weight is 266 g/mol. The average Bonchev–Trinajstić information content (AvgIpc) is 2.81. The molecule has 0 aliphatic heterocycles. The minimum atomic E-state index is -3.19. The summed E-state index contributed by atoms with van der Waals surface area (Å²) in [4.78, 5) is 0.252. The fourth-order valence-electron chi connectivity index (χ4n) is 1.69. The first-order valence-electron chi connectivity index (χ1n) is 5.46. The number of sulfone groups is 1. The van der Waals surface area contributed by atoms with Crippen molar-refractivity contribution in [3.05, 3.63) is 54.0 Å². The van der Waals surface area contributed by atoms with E-state index in [1.165, 1.54) is 12.1 Å². The van der Waals surface area contributed by atoms with Crippen molar-refractivity contribution in [1.29, 1.82) is 0 Å². The summed E-state index contributed by atoms with van der Waals surface area (Å²) in [6.07, 6.45) is 4.05. The van der Waals surface area contributed by atoms with Gasteiger partial charge in [-0.15, -0.1) is 0 Å². The Hall–Kier alpha value is -1.59. The van der Waals surface area contributed by atoms with Crippen LogP contribution < -0.4 is 0 Å². The molecule has 0 spiro atoms. The van der Waals surface area contributed by atoms with E-state index in [1.807, 2.05) is 0 Å². The first-order valence-corrected chi connectivity index (χ1v) is 7.35. The second-order valence-corrected chi connectivity index (χ2v) is 6.21. The summed E-state index contributed by atoms with van der Waals surface area (Å²) in [7, 11) is -3.19. The molecule has 0 bridgehead atoms. The predicted molar refractivity (Wildman–Crippen MR) is 66.9 cm³/mol. The summed E-state index contributed by atoms with van der Waals surface area (Å²) in [6, 6.07) is 8.04. The molecule has 0 fully saturated rings. The van der Waals surface area contributed by atoms with Crippen LogP contribution >= 0.6 is 0 Å². The van der Waals surface area contributed by atoms with Gasteiger partial charge in [0.25, 0.3) is 0 Å². The Kier molecular flexibility index (Phi) is 3.54. The van der Waals surface area contributed by atoms with Gasteiger partial charge in [-0.3, -0.25) is 0 Å². The van der Waals surface area contributed by atoms with Gasteiger partial charge < -0.3 is 9.52 Å². The zero-order chi connectivity index (χ0) is 13.2. The van der Waals surface area contributed by atoms with Gasteiger partial charge in [0, 0.05) is 12.7 Å². The second kappa shape index (κ2) is 4.96. The number of rotatable bonds is 4. The van der Waals surface area contributed by atoms with Gasteiger partial charge in [-0.1, -0.05) is 12.1 Å². The second-order valence-electron chi connectivity index (χ2n) is 4.19. The fraction of sp³-hybridized carbons (Fsp3) is 0.231. The van der Waals surface area contributed by atoms with E-state index in [4.69, 9.17) is 4.42 Å². The molecular formula is C13H14O4S. The maximum Gasteiger partial charge on any atom is 0.175 e. The number of hydrogen-bond acceptors (Lipinski definition) is 4. The molecule has 4 nitrogen and oxygen atoms in total. The van der Waals surface area contributed by atoms with Crippen LogP contribution in [0.15, 0.2) is 52.2 Å². The summed E-state index contributed by atoms with van der Waals surface area (Å²) in [5, 5.41) is 9.99. The molecule has 5 heteroatoms. The summed E-state index contributed by atoms with van der Waals surface area (Å²) in [6.45, 7) is 0. The Bertz CT molecular complexity index is 597. The third-order valence-corrected chi connectivity index (χ3v) is 3.83. The highest BCUT2D eigenvalue weighted by molar-refractivity contribution is 7.90. The van der Waals surface area contributed by atoms with E-state index < -0.39 is 15.9 Å². The number of aliphatic hydroxyl groups excluding tert-OH is 1. The van der Waals surface area contributed by atoms with Gasteiger partial charge in [0.15, 0.2) is 9.84 Å². The lowest BCUT2D eigenvalue weighted by Gasteiger charge is -2.10. The first kappa shape index (κ1) is 12.9. The molecule has 2 rings (SSSR count). The SMILES string of the molecule is CS(=O)(=O)c1ccc(C(O)Cc2ccoc2)cc1. The Labute approximate surface area is 106 Å². The molecule has 1 aromatic heterocycles. The van der Waals surface area contributed by atoms with E-state index in [0.717, 1.165) is 11.8 Å². The lowest BCUT2D eigenvalue weighted by atomic mass is 10.0. The molecular weight excluding hydrogens is 252 g/mol. The number of furan rings is 1. The fourth-order valence-corrected chi connectivity index (χ4v) is 2.32. The molecule has 0 aliphatic carbocycles. The van der Waals surface area contributed by atoms with Gasteiger partial charge in [-0.2, -0.15) is 0 Å². The third kappa shape index (κ3) is 3.00. The highest BCUT2D eigenvalue weighted by Gasteiger charge is 2.11. The number of aliphatic hydroxyl groups is 1. The van der Waals surface area contributed by atoms with Crippen LogP contribution in [0.3, 0.4) is 0 Å². The lowest BCUT2D eigenvalue weighted by molar-refractivity contribution is 0.178. The highest BCUT2D eigenvalue weighted by Crippen LogP contribution is 2.20. The Morgan fingerprint density at radius 3 is 2.39 bits per heavy atom. The largest absolute Gasteiger partial charge is 0.472 e. The van der Waals surface area contributed by atoms with Crippen LogP contribution in [0.5, 0.6) is 0 Å². The van der Waals surface area contributed by atoms with Gasteiger partial charge in [0.1, 0.15) is 0 Å². The van der Waals surface area contributed by atoms with Crippen LogP contribution in [0.2, 0.25) is 0 Å². The molecule has 1 heterocycles. The van der Waals surface area contributed by atoms with E-state index in [9.17, 15) is 13.5 Å². The van der Waals surface area contributed by atoms with E-state index in [0.29, 0.717) is 12.0 Å². The van der Waals surface area contributed by atoms with Crippen molar-refractivity contribution in [3.8, 4) is 0 Å². The maximum absolute atomic E-state index is 11.3. The van der Waals surface area contributed by atoms with Crippen molar-refractivity contribution in [2.75, 3.05) is 6.26 Å². The van der Waals surface area contributed by atoms with Gasteiger partial charge in [0.2, 0.25) is 0 Å². The van der Waals surface area contributed by atoms with E-state index >= 15 is 0 Å². The smallest absolute Gasteiger partial charge is 0.175 e. The molecule has 1 aromatic carbocycles. The van der Waals surface area contributed by atoms with Gasteiger partial charge in [0.05, 0.1) is 23.5 Å². The van der Waals surface area contributed by atoms with Crippen LogP contribution in [-0.4, -0.2) is 19.8 Å². The zero-order valence-corrected chi connectivity index (χ0v) is 10.7. The molecule has 18 heavy (non-hydrogen) atoms. The van der Waals surface area contributed by atoms with E-state index in [1.54, 1.807) is 30.7 Å². The lowest BCUT2D eigenvalue weighted by Crippen LogP contribution is -2.02. The van der Waals surface area contributed by atoms with Crippen molar-refractivity contribution in [1.82, 2.24) is 0 Å². The zero-order valence-electron chi connectivity index (χ0n) is 9.91. The summed E-state index contributed by atoms with van der Waals surface area (Å²) in [5.41, 5.74) is 1.58. The maximum atomic E-state index is 11.3. The van der Waals surface area contributed by atoms with Gasteiger partial charge >= 0.3 is 0 Å². The Balaban J connectivity index is 2.14. The highest BCUT2D eigenvalue weighted by atomic mass is 32.2. The van der Waals surface area contributed by atoms with Crippen LogP contribution in [0.4, 0.5) is 0 Å². The van der Waals surface area contributed by atoms with Crippen LogP contribution in [-0.2, 0) is 16.3 Å². The third-order valence-electron chi connectivity index (χ3n) is 2.70. The minimum Gasteiger partial charge on any atom is -0.472 e. The quantitative estimate of drug-likeness (QED) is 0.918. The van der Waals surface area contributed by atoms with Crippen molar-refractivity contribution >= 4 is 9.84 Å². The molecule has 1 unspecified atom stereocenters. The van der Waals surface area contributed by atoms with Crippen molar-refractivity contribution < 1.29 is 17.9 Å². The summed E-state index contributed by atoms with van der Waals surface area (Å²) < 4.78 is 27.5. The van der Waals surface area contributed by atoms with Crippen LogP contribution in [0, 0.1) is 0 Å². The molecule has 0 radical (unpaired) electrons. The molecule has 0 amide bonds. The molecule has 0 saturated heterocycles. The van der Waals surface area contributed by atoms with Crippen LogP contribution in [0.1, 0.15) is 17.2 Å². The molecule has 96 valence electrons. The predicted octanol–water partition coefficient (Wildman–Crippen LogP) is 1.96. The molecule has 0 aliphatic rings. The van der Waals surface area contributed by atoms with E-state index in [-0.39, 0.29) is 4.90 Å². The normalized spacial score (nSPS) is 13.4. The Morgan fingerprint density at radius 1 is 1.22 bits per heavy atom. The van der Waals surface area contributed by atoms with Crippen LogP contribution in [0.25, 0.3) is 0 Å². The summed E-state index contributed by atoms with van der Waals surface area (Å²) in [5.74, 6) is 0. The molecule has 1 N–H and O–H groups in total. The monoisotopic (exact) mass is 266 g/mol. The van der Waals surface area contributed by atoms with Crippen molar-refractivity contribution in [3.63, 3.8) is 0 Å². The minimum absolute atomic E-state index is 0.252. The number of hydrogen-bond donors (Lipinski definition) is 1. The summed E-state index contributed by atoms with van der Waals surface area (Å²) >= 11 is 0. The van der Waals surface area contributed by atoms with Crippen molar-refractivity contribution in [2.24, 2.45) is 0 Å². The Morgan fingerprint density at radius 2 is 1.89 bits per heavy atom.